The van der Waals surface area contributed by atoms with Crippen LogP contribution in [0.4, 0.5) is 5.69 Å². The highest BCUT2D eigenvalue weighted by atomic mass is 15.2. The van der Waals surface area contributed by atoms with E-state index in [-0.39, 0.29) is 6.17 Å². The molecule has 0 radical (unpaired) electrons. The number of rotatable bonds is 5. The van der Waals surface area contributed by atoms with Crippen molar-refractivity contribution in [3.05, 3.63) is 229 Å². The summed E-state index contributed by atoms with van der Waals surface area (Å²) < 4.78 is 2.49. The SMILES string of the molecule is CN1c2ccccc2C(c2ccc(-c3cccc(-c4ccccc4)c3)cc2)=NC1c1ccc(-n2c3ccc4ccccc4c3c3c4ccccc4ccc32)c2ccccc12. The van der Waals surface area contributed by atoms with Crippen LogP contribution in [0, 0.1) is 0 Å². The van der Waals surface area contributed by atoms with Crippen molar-refractivity contribution in [3.63, 3.8) is 0 Å². The van der Waals surface area contributed by atoms with Gasteiger partial charge in [-0.1, -0.05) is 182 Å². The van der Waals surface area contributed by atoms with Crippen molar-refractivity contribution >= 4 is 65.5 Å². The summed E-state index contributed by atoms with van der Waals surface area (Å²) in [6.07, 6.45) is -0.234. The zero-order valence-corrected chi connectivity index (χ0v) is 33.1. The molecule has 282 valence electrons. The van der Waals surface area contributed by atoms with Crippen LogP contribution in [0.5, 0.6) is 0 Å². The van der Waals surface area contributed by atoms with Crippen LogP contribution in [0.2, 0.25) is 0 Å². The number of aromatic nitrogens is 1. The van der Waals surface area contributed by atoms with Gasteiger partial charge in [0.25, 0.3) is 0 Å². The minimum Gasteiger partial charge on any atom is -0.349 e. The van der Waals surface area contributed by atoms with Crippen LogP contribution in [-0.2, 0) is 0 Å². The molecule has 0 saturated heterocycles. The maximum Gasteiger partial charge on any atom is 0.148 e. The van der Waals surface area contributed by atoms with Crippen molar-refractivity contribution in [2.75, 3.05) is 11.9 Å². The average Bonchev–Trinajstić information content (AvgIpc) is 3.67. The molecule has 60 heavy (non-hydrogen) atoms. The molecule has 2 heterocycles. The lowest BCUT2D eigenvalue weighted by Crippen LogP contribution is -2.30. The van der Waals surface area contributed by atoms with Crippen LogP contribution in [0.15, 0.2) is 217 Å². The van der Waals surface area contributed by atoms with Crippen LogP contribution < -0.4 is 4.90 Å². The molecular weight excluding hydrogens is 727 g/mol. The monoisotopic (exact) mass is 765 g/mol. The normalized spacial score (nSPS) is 14.0. The molecule has 12 rings (SSSR count). The zero-order valence-electron chi connectivity index (χ0n) is 33.1. The van der Waals surface area contributed by atoms with E-state index in [0.717, 1.165) is 22.5 Å². The number of hydrogen-bond acceptors (Lipinski definition) is 2. The van der Waals surface area contributed by atoms with Gasteiger partial charge in [0.1, 0.15) is 6.17 Å². The van der Waals surface area contributed by atoms with Crippen molar-refractivity contribution in [2.45, 2.75) is 6.17 Å². The molecule has 3 heteroatoms. The third-order valence-electron chi connectivity index (χ3n) is 12.6. The van der Waals surface area contributed by atoms with Crippen molar-refractivity contribution in [2.24, 2.45) is 4.99 Å². The zero-order chi connectivity index (χ0) is 39.7. The fraction of sp³-hybridized carbons (Fsp3) is 0.0351. The van der Waals surface area contributed by atoms with E-state index >= 15 is 0 Å². The van der Waals surface area contributed by atoms with Crippen LogP contribution in [0.25, 0.3) is 82.1 Å². The highest BCUT2D eigenvalue weighted by Gasteiger charge is 2.29. The number of hydrogen-bond donors (Lipinski definition) is 0. The Morgan fingerprint density at radius 2 is 0.917 bits per heavy atom. The Balaban J connectivity index is 1.01. The third kappa shape index (κ3) is 5.33. The first-order valence-corrected chi connectivity index (χ1v) is 20.7. The van der Waals surface area contributed by atoms with Crippen molar-refractivity contribution in [3.8, 4) is 27.9 Å². The van der Waals surface area contributed by atoms with E-state index in [1.165, 1.54) is 87.6 Å². The molecule has 0 saturated carbocycles. The van der Waals surface area contributed by atoms with Gasteiger partial charge in [-0.3, -0.25) is 4.99 Å². The summed E-state index contributed by atoms with van der Waals surface area (Å²) >= 11 is 0. The third-order valence-corrected chi connectivity index (χ3v) is 12.6. The van der Waals surface area contributed by atoms with E-state index in [1.54, 1.807) is 0 Å². The molecule has 11 aromatic rings. The predicted octanol–water partition coefficient (Wildman–Crippen LogP) is 14.6. The summed E-state index contributed by atoms with van der Waals surface area (Å²) in [4.78, 5) is 7.98. The molecule has 0 amide bonds. The number of anilines is 1. The molecule has 0 N–H and O–H groups in total. The summed E-state index contributed by atoms with van der Waals surface area (Å²) in [7, 11) is 2.18. The molecule has 0 fully saturated rings. The molecule has 1 aromatic heterocycles. The number of benzene rings is 10. The topological polar surface area (TPSA) is 20.5 Å². The van der Waals surface area contributed by atoms with Gasteiger partial charge >= 0.3 is 0 Å². The summed E-state index contributed by atoms with van der Waals surface area (Å²) in [6.45, 7) is 0. The van der Waals surface area contributed by atoms with E-state index in [2.05, 4.69) is 229 Å². The van der Waals surface area contributed by atoms with Gasteiger partial charge in [0.2, 0.25) is 0 Å². The average molecular weight is 766 g/mol. The Kier molecular flexibility index (Phi) is 7.82. The van der Waals surface area contributed by atoms with Crippen LogP contribution >= 0.6 is 0 Å². The van der Waals surface area contributed by atoms with E-state index in [4.69, 9.17) is 4.99 Å². The summed E-state index contributed by atoms with van der Waals surface area (Å²) in [5.74, 6) is 0. The first-order chi connectivity index (χ1) is 29.7. The molecule has 1 atom stereocenters. The molecule has 1 aliphatic rings. The Hall–Kier alpha value is -7.75. The smallest absolute Gasteiger partial charge is 0.148 e. The van der Waals surface area contributed by atoms with Crippen LogP contribution in [0.3, 0.4) is 0 Å². The Morgan fingerprint density at radius 1 is 0.383 bits per heavy atom. The molecular formula is C57H39N3. The Bertz CT molecular complexity index is 3410. The lowest BCUT2D eigenvalue weighted by Gasteiger charge is -2.35. The second kappa shape index (κ2) is 13.7. The highest BCUT2D eigenvalue weighted by Crippen LogP contribution is 2.44. The second-order valence-corrected chi connectivity index (χ2v) is 15.9. The van der Waals surface area contributed by atoms with Crippen molar-refractivity contribution in [1.82, 2.24) is 4.57 Å². The fourth-order valence-electron chi connectivity index (χ4n) is 9.76. The second-order valence-electron chi connectivity index (χ2n) is 15.9. The van der Waals surface area contributed by atoms with Gasteiger partial charge in [0, 0.05) is 45.6 Å². The van der Waals surface area contributed by atoms with Gasteiger partial charge in [-0.2, -0.15) is 0 Å². The molecule has 10 aromatic carbocycles. The first-order valence-electron chi connectivity index (χ1n) is 20.7. The van der Waals surface area contributed by atoms with Crippen LogP contribution in [0.1, 0.15) is 22.9 Å². The quantitative estimate of drug-likeness (QED) is 0.171. The van der Waals surface area contributed by atoms with Gasteiger partial charge < -0.3 is 9.47 Å². The largest absolute Gasteiger partial charge is 0.349 e. The number of para-hydroxylation sites is 1. The summed E-state index contributed by atoms with van der Waals surface area (Å²) in [6, 6.07) is 77.3. The summed E-state index contributed by atoms with van der Waals surface area (Å²) in [5, 5.41) is 10.0. The van der Waals surface area contributed by atoms with Gasteiger partial charge in [-0.05, 0) is 79.5 Å². The fourth-order valence-corrected chi connectivity index (χ4v) is 9.76. The summed E-state index contributed by atoms with van der Waals surface area (Å²) in [5.41, 5.74) is 14.0. The van der Waals surface area contributed by atoms with Gasteiger partial charge in [-0.15, -0.1) is 0 Å². The van der Waals surface area contributed by atoms with Gasteiger partial charge in [-0.25, -0.2) is 0 Å². The molecule has 0 aliphatic carbocycles. The molecule has 1 unspecified atom stereocenters. The Labute approximate surface area is 348 Å². The van der Waals surface area contributed by atoms with Crippen molar-refractivity contribution in [1.29, 1.82) is 0 Å². The maximum atomic E-state index is 5.65. The minimum absolute atomic E-state index is 0.234. The first kappa shape index (κ1) is 34.3. The van der Waals surface area contributed by atoms with Crippen LogP contribution in [-0.4, -0.2) is 17.3 Å². The standard InChI is InChI=1S/C57H39N3/c1-59-50-25-12-11-24-49(50)56(41-28-26-38(27-29-41)43-19-13-18-42(36-43)37-14-3-2-4-15-37)58-57(59)48-32-35-51(47-23-10-9-22-46(47)48)60-52-33-30-39-16-5-7-20-44(39)54(52)55-45-21-8-6-17-40(45)31-34-53(55)60/h2-36,57H,1H3. The van der Waals surface area contributed by atoms with E-state index in [9.17, 15) is 0 Å². The lowest BCUT2D eigenvalue weighted by molar-refractivity contribution is 0.704. The molecule has 1 aliphatic heterocycles. The lowest BCUT2D eigenvalue weighted by atomic mass is 9.93. The molecule has 0 bridgehead atoms. The number of fused-ring (bicyclic) bond motifs is 9. The van der Waals surface area contributed by atoms with Gasteiger partial charge in [0.05, 0.1) is 22.4 Å². The Morgan fingerprint density at radius 3 is 1.60 bits per heavy atom. The van der Waals surface area contributed by atoms with E-state index in [1.807, 2.05) is 0 Å². The predicted molar refractivity (Wildman–Crippen MR) is 254 cm³/mol. The number of aliphatic imine (C=N–C) groups is 1. The van der Waals surface area contributed by atoms with E-state index in [0.29, 0.717) is 0 Å². The van der Waals surface area contributed by atoms with Crippen molar-refractivity contribution < 1.29 is 0 Å². The molecule has 0 spiro atoms. The highest BCUT2D eigenvalue weighted by molar-refractivity contribution is 6.29. The molecule has 3 nitrogen and oxygen atoms in total. The maximum absolute atomic E-state index is 5.65. The van der Waals surface area contributed by atoms with E-state index < -0.39 is 0 Å². The van der Waals surface area contributed by atoms with Gasteiger partial charge in [0.15, 0.2) is 0 Å². The number of nitrogens with zero attached hydrogens (tertiary/aromatic N) is 3. The minimum atomic E-state index is -0.234.